The van der Waals surface area contributed by atoms with Crippen LogP contribution in [0.2, 0.25) is 10.0 Å². The summed E-state index contributed by atoms with van der Waals surface area (Å²) in [6, 6.07) is 10.9. The minimum atomic E-state index is -0.362. The second-order valence-corrected chi connectivity index (χ2v) is 5.78. The Balaban J connectivity index is 1.87. The van der Waals surface area contributed by atoms with Crippen LogP contribution in [0, 0.1) is 13.8 Å². The summed E-state index contributed by atoms with van der Waals surface area (Å²) < 4.78 is 5.47. The molecule has 1 amide bonds. The minimum Gasteiger partial charge on any atom is -0.483 e. The molecule has 0 atom stereocenters. The second-order valence-electron chi connectivity index (χ2n) is 4.99. The van der Waals surface area contributed by atoms with E-state index in [2.05, 4.69) is 10.5 Å². The molecule has 120 valence electrons. The lowest BCUT2D eigenvalue weighted by Gasteiger charge is -2.08. The number of nitrogens with one attached hydrogen (secondary N) is 1. The maximum Gasteiger partial charge on any atom is 0.277 e. The third-order valence-corrected chi connectivity index (χ3v) is 3.90. The van der Waals surface area contributed by atoms with Crippen molar-refractivity contribution in [2.75, 3.05) is 6.61 Å². The van der Waals surface area contributed by atoms with E-state index < -0.39 is 0 Å². The summed E-state index contributed by atoms with van der Waals surface area (Å²) in [6.07, 6.45) is 1.43. The van der Waals surface area contributed by atoms with Gasteiger partial charge in [0, 0.05) is 5.56 Å². The molecule has 1 N–H and O–H groups in total. The smallest absolute Gasteiger partial charge is 0.277 e. The van der Waals surface area contributed by atoms with Crippen molar-refractivity contribution in [1.82, 2.24) is 5.43 Å². The molecule has 0 spiro atoms. The fourth-order valence-electron chi connectivity index (χ4n) is 1.93. The molecule has 2 rings (SSSR count). The number of halogens is 2. The van der Waals surface area contributed by atoms with Crippen molar-refractivity contribution in [3.05, 3.63) is 63.1 Å². The Morgan fingerprint density at radius 1 is 1.26 bits per heavy atom. The molecule has 2 aromatic rings. The van der Waals surface area contributed by atoms with Gasteiger partial charge in [0.25, 0.3) is 5.91 Å². The zero-order valence-electron chi connectivity index (χ0n) is 12.8. The largest absolute Gasteiger partial charge is 0.483 e. The summed E-state index contributed by atoms with van der Waals surface area (Å²) in [5, 5.41) is 4.66. The summed E-state index contributed by atoms with van der Waals surface area (Å²) in [7, 11) is 0. The average molecular weight is 351 g/mol. The number of benzene rings is 2. The number of hydrazone groups is 1. The number of amides is 1. The molecule has 0 aliphatic carbocycles. The fraction of sp³-hybridized carbons (Fsp3) is 0.176. The average Bonchev–Trinajstić information content (AvgIpc) is 2.50. The van der Waals surface area contributed by atoms with Gasteiger partial charge in [-0.3, -0.25) is 4.79 Å². The summed E-state index contributed by atoms with van der Waals surface area (Å²) >= 11 is 11.9. The first-order valence-electron chi connectivity index (χ1n) is 6.93. The number of nitrogens with zero attached hydrogens (tertiary/aromatic N) is 1. The van der Waals surface area contributed by atoms with E-state index in [1.165, 1.54) is 6.21 Å². The Morgan fingerprint density at radius 2 is 2.04 bits per heavy atom. The summed E-state index contributed by atoms with van der Waals surface area (Å²) in [4.78, 5) is 11.7. The summed E-state index contributed by atoms with van der Waals surface area (Å²) in [5.41, 5.74) is 5.12. The topological polar surface area (TPSA) is 50.7 Å². The van der Waals surface area contributed by atoms with Gasteiger partial charge < -0.3 is 4.74 Å². The number of carbonyl (C=O) groups is 1. The van der Waals surface area contributed by atoms with E-state index in [9.17, 15) is 4.79 Å². The molecule has 0 unspecified atom stereocenters. The van der Waals surface area contributed by atoms with E-state index in [0.717, 1.165) is 11.1 Å². The lowest BCUT2D eigenvalue weighted by Crippen LogP contribution is -2.24. The Hall–Kier alpha value is -2.04. The molecule has 4 nitrogen and oxygen atoms in total. The molecule has 6 heteroatoms. The highest BCUT2D eigenvalue weighted by Crippen LogP contribution is 2.24. The number of hydrogen-bond donors (Lipinski definition) is 1. The summed E-state index contributed by atoms with van der Waals surface area (Å²) in [5.74, 6) is 0.312. The lowest BCUT2D eigenvalue weighted by molar-refractivity contribution is -0.123. The van der Waals surface area contributed by atoms with Crippen LogP contribution in [-0.4, -0.2) is 18.7 Å². The third kappa shape index (κ3) is 4.98. The quantitative estimate of drug-likeness (QED) is 0.650. The number of ether oxygens (including phenoxy) is 1. The fourth-order valence-corrected chi connectivity index (χ4v) is 2.29. The van der Waals surface area contributed by atoms with Crippen molar-refractivity contribution < 1.29 is 9.53 Å². The number of carbonyl (C=O) groups excluding carboxylic acids is 1. The summed E-state index contributed by atoms with van der Waals surface area (Å²) in [6.45, 7) is 3.81. The van der Waals surface area contributed by atoms with Crippen molar-refractivity contribution in [3.63, 3.8) is 0 Å². The molecule has 0 heterocycles. The van der Waals surface area contributed by atoms with Gasteiger partial charge in [0.05, 0.1) is 16.3 Å². The molecule has 0 fully saturated rings. The molecule has 2 aromatic carbocycles. The first kappa shape index (κ1) is 17.3. The molecule has 0 saturated heterocycles. The molecule has 0 bridgehead atoms. The van der Waals surface area contributed by atoms with Crippen LogP contribution in [0.3, 0.4) is 0 Å². The first-order valence-corrected chi connectivity index (χ1v) is 7.69. The Labute approximate surface area is 145 Å². The van der Waals surface area contributed by atoms with Gasteiger partial charge in [0.1, 0.15) is 5.75 Å². The van der Waals surface area contributed by atoms with Crippen molar-refractivity contribution in [2.45, 2.75) is 13.8 Å². The zero-order chi connectivity index (χ0) is 16.8. The highest BCUT2D eigenvalue weighted by molar-refractivity contribution is 6.43. The predicted octanol–water partition coefficient (Wildman–Crippen LogP) is 4.14. The van der Waals surface area contributed by atoms with Gasteiger partial charge in [-0.15, -0.1) is 0 Å². The van der Waals surface area contributed by atoms with Gasteiger partial charge in [0.2, 0.25) is 0 Å². The Kier molecular flexibility index (Phi) is 6.02. The zero-order valence-corrected chi connectivity index (χ0v) is 14.3. The van der Waals surface area contributed by atoms with E-state index in [0.29, 0.717) is 21.4 Å². The normalized spacial score (nSPS) is 10.8. The van der Waals surface area contributed by atoms with Gasteiger partial charge in [-0.2, -0.15) is 5.10 Å². The standard InChI is InChI=1S/C17H16Cl2N2O2/c1-11-6-7-15(12(2)8-11)23-10-16(22)21-20-9-13-4-3-5-14(18)17(13)19/h3-9H,10H2,1-2H3,(H,21,22)/b20-9+. The van der Waals surface area contributed by atoms with Crippen LogP contribution in [0.4, 0.5) is 0 Å². The van der Waals surface area contributed by atoms with Gasteiger partial charge in [0.15, 0.2) is 6.61 Å². The van der Waals surface area contributed by atoms with Crippen molar-refractivity contribution >= 4 is 35.3 Å². The number of hydrogen-bond acceptors (Lipinski definition) is 3. The third-order valence-electron chi connectivity index (χ3n) is 3.06. The van der Waals surface area contributed by atoms with Crippen molar-refractivity contribution in [3.8, 4) is 5.75 Å². The van der Waals surface area contributed by atoms with Crippen LogP contribution in [0.25, 0.3) is 0 Å². The first-order chi connectivity index (χ1) is 11.0. The molecule has 0 radical (unpaired) electrons. The van der Waals surface area contributed by atoms with E-state index in [1.807, 2.05) is 32.0 Å². The van der Waals surface area contributed by atoms with E-state index in [1.54, 1.807) is 18.2 Å². The number of rotatable bonds is 5. The molecule has 23 heavy (non-hydrogen) atoms. The Bertz CT molecular complexity index is 745. The van der Waals surface area contributed by atoms with Crippen LogP contribution in [0.1, 0.15) is 16.7 Å². The minimum absolute atomic E-state index is 0.121. The predicted molar refractivity (Wildman–Crippen MR) is 93.6 cm³/mol. The van der Waals surface area contributed by atoms with Crippen LogP contribution in [0.5, 0.6) is 5.75 Å². The van der Waals surface area contributed by atoms with E-state index >= 15 is 0 Å². The van der Waals surface area contributed by atoms with Crippen LogP contribution >= 0.6 is 23.2 Å². The maximum absolute atomic E-state index is 11.7. The van der Waals surface area contributed by atoms with E-state index in [-0.39, 0.29) is 12.5 Å². The van der Waals surface area contributed by atoms with Crippen molar-refractivity contribution in [1.29, 1.82) is 0 Å². The van der Waals surface area contributed by atoms with Crippen molar-refractivity contribution in [2.24, 2.45) is 5.10 Å². The lowest BCUT2D eigenvalue weighted by atomic mass is 10.1. The molecule has 0 aromatic heterocycles. The van der Waals surface area contributed by atoms with Gasteiger partial charge >= 0.3 is 0 Å². The second kappa shape index (κ2) is 7.99. The highest BCUT2D eigenvalue weighted by Gasteiger charge is 2.05. The van der Waals surface area contributed by atoms with Crippen LogP contribution < -0.4 is 10.2 Å². The maximum atomic E-state index is 11.7. The SMILES string of the molecule is Cc1ccc(OCC(=O)N/N=C/c2cccc(Cl)c2Cl)c(C)c1. The molecule has 0 saturated carbocycles. The van der Waals surface area contributed by atoms with E-state index in [4.69, 9.17) is 27.9 Å². The number of aryl methyl sites for hydroxylation is 2. The highest BCUT2D eigenvalue weighted by atomic mass is 35.5. The molecular weight excluding hydrogens is 335 g/mol. The van der Waals surface area contributed by atoms with Gasteiger partial charge in [-0.25, -0.2) is 5.43 Å². The monoisotopic (exact) mass is 350 g/mol. The Morgan fingerprint density at radius 3 is 2.78 bits per heavy atom. The molecule has 0 aliphatic rings. The molecular formula is C17H16Cl2N2O2. The van der Waals surface area contributed by atoms with Gasteiger partial charge in [-0.1, -0.05) is 53.0 Å². The van der Waals surface area contributed by atoms with Crippen LogP contribution in [-0.2, 0) is 4.79 Å². The van der Waals surface area contributed by atoms with Crippen LogP contribution in [0.15, 0.2) is 41.5 Å². The molecule has 0 aliphatic heterocycles. The van der Waals surface area contributed by atoms with Gasteiger partial charge in [-0.05, 0) is 31.5 Å².